The second-order valence-corrected chi connectivity index (χ2v) is 4.85. The maximum absolute atomic E-state index is 13.4. The average Bonchev–Trinajstić information content (AvgIpc) is 2.43. The number of ether oxygens (including phenoxy) is 1. The van der Waals surface area contributed by atoms with Gasteiger partial charge in [-0.25, -0.2) is 4.39 Å². The van der Waals surface area contributed by atoms with Crippen LogP contribution in [-0.2, 0) is 4.79 Å². The number of hydrogen-bond donors (Lipinski definition) is 2. The molecule has 0 saturated carbocycles. The fraction of sp³-hybridized carbons (Fsp3) is 0.133. The number of primary amides is 1. The molecule has 4 nitrogen and oxygen atoms in total. The number of benzene rings is 2. The molecule has 21 heavy (non-hydrogen) atoms. The van der Waals surface area contributed by atoms with Gasteiger partial charge in [-0.3, -0.25) is 4.79 Å². The third-order valence-corrected chi connectivity index (χ3v) is 3.10. The highest BCUT2D eigenvalue weighted by atomic mass is 35.5. The normalized spacial score (nSPS) is 11.8. The van der Waals surface area contributed by atoms with Crippen molar-refractivity contribution in [3.05, 3.63) is 58.9 Å². The van der Waals surface area contributed by atoms with Gasteiger partial charge in [0.2, 0.25) is 5.91 Å². The van der Waals surface area contributed by atoms with Crippen LogP contribution in [0.4, 0.5) is 10.1 Å². The summed E-state index contributed by atoms with van der Waals surface area (Å²) in [6, 6.07) is 9.96. The van der Waals surface area contributed by atoms with Crippen molar-refractivity contribution in [2.24, 2.45) is 5.73 Å². The van der Waals surface area contributed by atoms with Crippen molar-refractivity contribution in [3.8, 4) is 5.75 Å². The molecular formula is C15H14ClFN2O2. The Morgan fingerprint density at radius 2 is 2.10 bits per heavy atom. The Morgan fingerprint density at radius 3 is 2.71 bits per heavy atom. The van der Waals surface area contributed by atoms with E-state index in [1.807, 2.05) is 0 Å². The lowest BCUT2D eigenvalue weighted by Gasteiger charge is -2.18. The Bertz CT molecular complexity index is 644. The molecule has 2 aromatic rings. The van der Waals surface area contributed by atoms with E-state index in [4.69, 9.17) is 22.1 Å². The van der Waals surface area contributed by atoms with Crippen molar-refractivity contribution in [2.45, 2.75) is 6.04 Å². The van der Waals surface area contributed by atoms with E-state index in [2.05, 4.69) is 5.32 Å². The van der Waals surface area contributed by atoms with Crippen LogP contribution >= 0.6 is 11.6 Å². The van der Waals surface area contributed by atoms with Gasteiger partial charge in [0, 0.05) is 16.8 Å². The molecule has 3 N–H and O–H groups in total. The molecule has 0 spiro atoms. The first-order valence-corrected chi connectivity index (χ1v) is 6.53. The van der Waals surface area contributed by atoms with Gasteiger partial charge in [-0.1, -0.05) is 17.7 Å². The number of hydrogen-bond acceptors (Lipinski definition) is 3. The van der Waals surface area contributed by atoms with Crippen molar-refractivity contribution in [2.75, 3.05) is 12.4 Å². The van der Waals surface area contributed by atoms with Gasteiger partial charge in [-0.15, -0.1) is 0 Å². The molecule has 0 bridgehead atoms. The number of carbonyl (C=O) groups excluding carboxylic acids is 1. The first kappa shape index (κ1) is 15.1. The summed E-state index contributed by atoms with van der Waals surface area (Å²) in [6.45, 7) is 0. The van der Waals surface area contributed by atoms with Crippen LogP contribution in [0.25, 0.3) is 0 Å². The number of carbonyl (C=O) groups is 1. The SMILES string of the molecule is COc1cccc(NC(C(N)=O)c2cc(F)cc(Cl)c2)c1. The first-order valence-electron chi connectivity index (χ1n) is 6.15. The van der Waals surface area contributed by atoms with Gasteiger partial charge in [-0.05, 0) is 35.9 Å². The lowest BCUT2D eigenvalue weighted by Crippen LogP contribution is -2.27. The van der Waals surface area contributed by atoms with E-state index in [0.29, 0.717) is 17.0 Å². The summed E-state index contributed by atoms with van der Waals surface area (Å²) >= 11 is 5.81. The molecule has 0 saturated heterocycles. The summed E-state index contributed by atoms with van der Waals surface area (Å²) in [6.07, 6.45) is 0. The Labute approximate surface area is 126 Å². The van der Waals surface area contributed by atoms with Crippen LogP contribution in [0.15, 0.2) is 42.5 Å². The monoisotopic (exact) mass is 308 g/mol. The van der Waals surface area contributed by atoms with Crippen LogP contribution < -0.4 is 15.8 Å². The second kappa shape index (κ2) is 6.45. The van der Waals surface area contributed by atoms with E-state index >= 15 is 0 Å². The minimum atomic E-state index is -0.898. The van der Waals surface area contributed by atoms with Gasteiger partial charge in [0.05, 0.1) is 7.11 Å². The van der Waals surface area contributed by atoms with Gasteiger partial charge in [-0.2, -0.15) is 0 Å². The molecule has 110 valence electrons. The standard InChI is InChI=1S/C15H14ClFN2O2/c1-21-13-4-2-3-12(8-13)19-14(15(18)20)9-5-10(16)7-11(17)6-9/h2-8,14,19H,1H3,(H2,18,20). The highest BCUT2D eigenvalue weighted by molar-refractivity contribution is 6.30. The molecule has 1 amide bonds. The molecule has 2 rings (SSSR count). The molecule has 0 radical (unpaired) electrons. The Hall–Kier alpha value is -2.27. The summed E-state index contributed by atoms with van der Waals surface area (Å²) in [5.41, 5.74) is 6.37. The maximum atomic E-state index is 13.4. The third kappa shape index (κ3) is 3.86. The second-order valence-electron chi connectivity index (χ2n) is 4.41. The minimum absolute atomic E-state index is 0.198. The number of nitrogens with one attached hydrogen (secondary N) is 1. The van der Waals surface area contributed by atoms with Crippen molar-refractivity contribution in [3.63, 3.8) is 0 Å². The number of amides is 1. The summed E-state index contributed by atoms with van der Waals surface area (Å²) < 4.78 is 18.5. The highest BCUT2D eigenvalue weighted by Crippen LogP contribution is 2.25. The molecule has 1 atom stereocenters. The van der Waals surface area contributed by atoms with Crippen LogP contribution in [0.3, 0.4) is 0 Å². The van der Waals surface area contributed by atoms with Crippen molar-refractivity contribution in [1.29, 1.82) is 0 Å². The quantitative estimate of drug-likeness (QED) is 0.892. The molecule has 0 aliphatic rings. The zero-order valence-corrected chi connectivity index (χ0v) is 12.0. The van der Waals surface area contributed by atoms with Gasteiger partial charge in [0.25, 0.3) is 0 Å². The predicted octanol–water partition coefficient (Wildman–Crippen LogP) is 3.13. The van der Waals surface area contributed by atoms with E-state index < -0.39 is 17.8 Å². The smallest absolute Gasteiger partial charge is 0.244 e. The fourth-order valence-corrected chi connectivity index (χ4v) is 2.17. The summed E-state index contributed by atoms with van der Waals surface area (Å²) in [7, 11) is 1.54. The van der Waals surface area contributed by atoms with Gasteiger partial charge >= 0.3 is 0 Å². The third-order valence-electron chi connectivity index (χ3n) is 2.88. The van der Waals surface area contributed by atoms with Crippen molar-refractivity contribution >= 4 is 23.2 Å². The number of nitrogens with two attached hydrogens (primary N) is 1. The van der Waals surface area contributed by atoms with E-state index in [9.17, 15) is 9.18 Å². The molecule has 0 fully saturated rings. The number of methoxy groups -OCH3 is 1. The van der Waals surface area contributed by atoms with Crippen LogP contribution in [0, 0.1) is 5.82 Å². The lowest BCUT2D eigenvalue weighted by molar-refractivity contribution is -0.118. The van der Waals surface area contributed by atoms with Crippen LogP contribution in [0.1, 0.15) is 11.6 Å². The highest BCUT2D eigenvalue weighted by Gasteiger charge is 2.19. The zero-order valence-electron chi connectivity index (χ0n) is 11.3. The van der Waals surface area contributed by atoms with Gasteiger partial charge in [0.1, 0.15) is 17.6 Å². The maximum Gasteiger partial charge on any atom is 0.244 e. The van der Waals surface area contributed by atoms with Crippen LogP contribution in [-0.4, -0.2) is 13.0 Å². The first-order chi connectivity index (χ1) is 9.99. The van der Waals surface area contributed by atoms with E-state index in [-0.39, 0.29) is 5.02 Å². The van der Waals surface area contributed by atoms with Crippen molar-refractivity contribution in [1.82, 2.24) is 0 Å². The summed E-state index contributed by atoms with van der Waals surface area (Å²) in [4.78, 5) is 11.6. The fourth-order valence-electron chi connectivity index (χ4n) is 1.94. The van der Waals surface area contributed by atoms with E-state index in [0.717, 1.165) is 6.07 Å². The molecule has 0 heterocycles. The summed E-state index contributed by atoms with van der Waals surface area (Å²) in [5.74, 6) is -0.545. The average molecular weight is 309 g/mol. The molecule has 0 aliphatic carbocycles. The van der Waals surface area contributed by atoms with Gasteiger partial charge in [0.15, 0.2) is 0 Å². The summed E-state index contributed by atoms with van der Waals surface area (Å²) in [5, 5.41) is 3.14. The Kier molecular flexibility index (Phi) is 4.65. The minimum Gasteiger partial charge on any atom is -0.497 e. The van der Waals surface area contributed by atoms with E-state index in [1.54, 1.807) is 24.3 Å². The number of anilines is 1. The predicted molar refractivity (Wildman–Crippen MR) is 80.0 cm³/mol. The number of halogens is 2. The Morgan fingerprint density at radius 1 is 1.33 bits per heavy atom. The molecule has 1 unspecified atom stereocenters. The van der Waals surface area contributed by atoms with Crippen LogP contribution in [0.2, 0.25) is 5.02 Å². The molecule has 0 aliphatic heterocycles. The largest absolute Gasteiger partial charge is 0.497 e. The van der Waals surface area contributed by atoms with Crippen LogP contribution in [0.5, 0.6) is 5.75 Å². The molecular weight excluding hydrogens is 295 g/mol. The molecule has 0 aromatic heterocycles. The molecule has 6 heteroatoms. The Balaban J connectivity index is 2.32. The molecule has 2 aromatic carbocycles. The number of rotatable bonds is 5. The van der Waals surface area contributed by atoms with E-state index in [1.165, 1.54) is 19.2 Å². The van der Waals surface area contributed by atoms with Gasteiger partial charge < -0.3 is 15.8 Å². The zero-order chi connectivity index (χ0) is 15.4. The topological polar surface area (TPSA) is 64.3 Å². The lowest BCUT2D eigenvalue weighted by atomic mass is 10.1. The van der Waals surface area contributed by atoms with Crippen molar-refractivity contribution < 1.29 is 13.9 Å².